The summed E-state index contributed by atoms with van der Waals surface area (Å²) in [6.07, 6.45) is 2.68. The smallest absolute Gasteiger partial charge is 0.312 e. The Morgan fingerprint density at radius 3 is 2.79 bits per heavy atom. The number of nitrogens with zero attached hydrogens (tertiary/aromatic N) is 2. The third-order valence-corrected chi connectivity index (χ3v) is 5.00. The molecule has 0 saturated heterocycles. The van der Waals surface area contributed by atoms with Gasteiger partial charge in [-0.1, -0.05) is 13.8 Å². The van der Waals surface area contributed by atoms with Crippen molar-refractivity contribution < 1.29 is 9.90 Å². The Labute approximate surface area is 118 Å². The molecular weight excluding hydrogens is 260 g/mol. The molecule has 0 fully saturated rings. The molecule has 1 aromatic heterocycles. The van der Waals surface area contributed by atoms with Gasteiger partial charge in [0.05, 0.1) is 5.69 Å². The predicted molar refractivity (Wildman–Crippen MR) is 78.1 cm³/mol. The van der Waals surface area contributed by atoms with E-state index in [0.29, 0.717) is 18.4 Å². The Hall–Kier alpha value is -1.10. The van der Waals surface area contributed by atoms with Crippen molar-refractivity contribution in [1.29, 1.82) is 0 Å². The van der Waals surface area contributed by atoms with Gasteiger partial charge in [0.25, 0.3) is 0 Å². The number of hydrogen-bond donors (Lipinski definition) is 1. The molecular formula is C14H22N2O2S. The first-order chi connectivity index (χ1) is 8.90. The second-order valence-corrected chi connectivity index (χ2v) is 6.89. The summed E-state index contributed by atoms with van der Waals surface area (Å²) in [5, 5.41) is 10.1. The van der Waals surface area contributed by atoms with Crippen LogP contribution in [0.3, 0.4) is 0 Å². The molecule has 0 saturated carbocycles. The molecule has 2 atom stereocenters. The van der Waals surface area contributed by atoms with Gasteiger partial charge in [-0.3, -0.25) is 4.79 Å². The van der Waals surface area contributed by atoms with Crippen LogP contribution in [0.25, 0.3) is 0 Å². The molecule has 0 bridgehead atoms. The molecule has 0 radical (unpaired) electrons. The first kappa shape index (κ1) is 14.3. The topological polar surface area (TPSA) is 53.4 Å². The van der Waals surface area contributed by atoms with Crippen molar-refractivity contribution in [2.75, 3.05) is 11.9 Å². The average molecular weight is 282 g/mol. The molecule has 0 spiro atoms. The van der Waals surface area contributed by atoms with Crippen molar-refractivity contribution in [2.45, 2.75) is 52.0 Å². The van der Waals surface area contributed by atoms with Crippen LogP contribution in [0.1, 0.15) is 50.1 Å². The number of aromatic nitrogens is 1. The maximum Gasteiger partial charge on any atom is 0.312 e. The van der Waals surface area contributed by atoms with Crippen molar-refractivity contribution in [3.8, 4) is 0 Å². The van der Waals surface area contributed by atoms with Crippen LogP contribution >= 0.6 is 11.3 Å². The Morgan fingerprint density at radius 2 is 2.21 bits per heavy atom. The summed E-state index contributed by atoms with van der Waals surface area (Å²) in [4.78, 5) is 19.1. The lowest BCUT2D eigenvalue weighted by Crippen LogP contribution is -2.30. The number of anilines is 1. The fourth-order valence-corrected chi connectivity index (χ4v) is 3.84. The first-order valence-electron chi connectivity index (χ1n) is 6.85. The lowest BCUT2D eigenvalue weighted by molar-refractivity contribution is -0.138. The second-order valence-electron chi connectivity index (χ2n) is 5.82. The molecule has 1 N–H and O–H groups in total. The van der Waals surface area contributed by atoms with E-state index in [1.165, 1.54) is 0 Å². The minimum absolute atomic E-state index is 0.395. The van der Waals surface area contributed by atoms with Gasteiger partial charge in [0.2, 0.25) is 0 Å². The minimum atomic E-state index is -0.742. The molecule has 1 aliphatic carbocycles. The molecule has 1 aromatic rings. The van der Waals surface area contributed by atoms with Gasteiger partial charge in [-0.2, -0.15) is 0 Å². The largest absolute Gasteiger partial charge is 0.481 e. The van der Waals surface area contributed by atoms with Gasteiger partial charge in [-0.15, -0.1) is 11.3 Å². The quantitative estimate of drug-likeness (QED) is 0.901. The fourth-order valence-electron chi connectivity index (χ4n) is 2.63. The van der Waals surface area contributed by atoms with Crippen LogP contribution in [-0.4, -0.2) is 29.1 Å². The highest BCUT2D eigenvalue weighted by molar-refractivity contribution is 7.15. The second kappa shape index (κ2) is 5.49. The lowest BCUT2D eigenvalue weighted by Gasteiger charge is -2.25. The Bertz CT molecular complexity index is 470. The number of carbonyl (C=O) groups is 1. The lowest BCUT2D eigenvalue weighted by atomic mass is 10.0. The highest BCUT2D eigenvalue weighted by Gasteiger charge is 2.33. The Balaban J connectivity index is 2.15. The maximum absolute atomic E-state index is 11.2. The van der Waals surface area contributed by atoms with E-state index < -0.39 is 11.9 Å². The van der Waals surface area contributed by atoms with E-state index in [-0.39, 0.29) is 0 Å². The van der Waals surface area contributed by atoms with Crippen molar-refractivity contribution in [3.05, 3.63) is 10.6 Å². The zero-order valence-corrected chi connectivity index (χ0v) is 12.8. The zero-order valence-electron chi connectivity index (χ0n) is 12.0. The van der Waals surface area contributed by atoms with Gasteiger partial charge >= 0.3 is 5.97 Å². The number of hydrogen-bond acceptors (Lipinski definition) is 4. The third kappa shape index (κ3) is 2.91. The summed E-state index contributed by atoms with van der Waals surface area (Å²) in [5.74, 6) is -0.488. The van der Waals surface area contributed by atoms with Crippen LogP contribution in [0.5, 0.6) is 0 Å². The number of aliphatic carboxylic acids is 1. The predicted octanol–water partition coefficient (Wildman–Crippen LogP) is 3.13. The third-order valence-electron chi connectivity index (χ3n) is 3.78. The van der Waals surface area contributed by atoms with E-state index in [1.54, 1.807) is 11.3 Å². The number of rotatable bonds is 5. The van der Waals surface area contributed by atoms with E-state index in [1.807, 2.05) is 0 Å². The molecule has 1 heterocycles. The van der Waals surface area contributed by atoms with Crippen molar-refractivity contribution >= 4 is 22.4 Å². The van der Waals surface area contributed by atoms with Crippen LogP contribution in [0.15, 0.2) is 0 Å². The monoisotopic (exact) mass is 282 g/mol. The van der Waals surface area contributed by atoms with Gasteiger partial charge in [0, 0.05) is 18.0 Å². The Morgan fingerprint density at radius 1 is 1.53 bits per heavy atom. The summed E-state index contributed by atoms with van der Waals surface area (Å²) < 4.78 is 0. The molecule has 2 unspecified atom stereocenters. The molecule has 5 heteroatoms. The standard InChI is InChI=1S/C14H22N2O2S/c1-8(2)7-9(3)16(4)14-15-12-10(13(17)18)5-6-11(12)19-14/h8-10H,5-7H2,1-4H3,(H,17,18). The van der Waals surface area contributed by atoms with Gasteiger partial charge in [0.1, 0.15) is 5.92 Å². The van der Waals surface area contributed by atoms with Crippen LogP contribution in [-0.2, 0) is 11.2 Å². The molecule has 106 valence electrons. The van der Waals surface area contributed by atoms with E-state index >= 15 is 0 Å². The van der Waals surface area contributed by atoms with Crippen LogP contribution in [0.4, 0.5) is 5.13 Å². The van der Waals surface area contributed by atoms with Gasteiger partial charge in [-0.25, -0.2) is 4.98 Å². The number of thiazole rings is 1. The normalized spacial score (nSPS) is 19.5. The highest BCUT2D eigenvalue weighted by Crippen LogP contribution is 2.39. The molecule has 4 nitrogen and oxygen atoms in total. The molecule has 0 aliphatic heterocycles. The Kier molecular flexibility index (Phi) is 4.13. The summed E-state index contributed by atoms with van der Waals surface area (Å²) >= 11 is 1.66. The van der Waals surface area contributed by atoms with Crippen LogP contribution in [0, 0.1) is 5.92 Å². The van der Waals surface area contributed by atoms with E-state index in [0.717, 1.165) is 28.5 Å². The summed E-state index contributed by atoms with van der Waals surface area (Å²) in [6.45, 7) is 6.63. The van der Waals surface area contributed by atoms with Crippen LogP contribution in [0.2, 0.25) is 0 Å². The van der Waals surface area contributed by atoms with E-state index in [2.05, 4.69) is 37.7 Å². The summed E-state index contributed by atoms with van der Waals surface area (Å²) in [5.41, 5.74) is 0.802. The number of carboxylic acid groups (broad SMARTS) is 1. The number of carboxylic acids is 1. The van der Waals surface area contributed by atoms with E-state index in [9.17, 15) is 9.90 Å². The van der Waals surface area contributed by atoms with Gasteiger partial charge < -0.3 is 10.0 Å². The number of aryl methyl sites for hydroxylation is 1. The molecule has 19 heavy (non-hydrogen) atoms. The highest BCUT2D eigenvalue weighted by atomic mass is 32.1. The fraction of sp³-hybridized carbons (Fsp3) is 0.714. The van der Waals surface area contributed by atoms with Crippen molar-refractivity contribution in [2.24, 2.45) is 5.92 Å². The molecule has 1 aliphatic rings. The zero-order chi connectivity index (χ0) is 14.2. The van der Waals surface area contributed by atoms with Gasteiger partial charge in [-0.05, 0) is 32.1 Å². The summed E-state index contributed by atoms with van der Waals surface area (Å²) in [7, 11) is 2.05. The van der Waals surface area contributed by atoms with Crippen molar-refractivity contribution in [1.82, 2.24) is 4.98 Å². The SMILES string of the molecule is CC(C)CC(C)N(C)c1nc2c(s1)CCC2C(=O)O. The maximum atomic E-state index is 11.2. The molecule has 2 rings (SSSR count). The summed E-state index contributed by atoms with van der Waals surface area (Å²) in [6, 6.07) is 0.426. The first-order valence-corrected chi connectivity index (χ1v) is 7.67. The molecule has 0 aromatic carbocycles. The average Bonchev–Trinajstić information content (AvgIpc) is 2.84. The van der Waals surface area contributed by atoms with Crippen molar-refractivity contribution in [3.63, 3.8) is 0 Å². The number of fused-ring (bicyclic) bond motifs is 1. The van der Waals surface area contributed by atoms with E-state index in [4.69, 9.17) is 0 Å². The van der Waals surface area contributed by atoms with Gasteiger partial charge in [0.15, 0.2) is 5.13 Å². The molecule has 0 amide bonds. The van der Waals surface area contributed by atoms with Crippen LogP contribution < -0.4 is 4.90 Å². The minimum Gasteiger partial charge on any atom is -0.481 e.